The van der Waals surface area contributed by atoms with E-state index < -0.39 is 17.9 Å². The van der Waals surface area contributed by atoms with E-state index >= 15 is 0 Å². The summed E-state index contributed by atoms with van der Waals surface area (Å²) in [5.74, 6) is 0.795. The monoisotopic (exact) mass is 268 g/mol. The lowest BCUT2D eigenvalue weighted by molar-refractivity contribution is -0.142. The molecule has 0 aromatic heterocycles. The van der Waals surface area contributed by atoms with E-state index in [9.17, 15) is 9.59 Å². The Bertz CT molecular complexity index is 377. The maximum absolute atomic E-state index is 12.3. The van der Waals surface area contributed by atoms with Crippen LogP contribution in [0.15, 0.2) is 0 Å². The van der Waals surface area contributed by atoms with E-state index in [1.54, 1.807) is 11.9 Å². The molecule has 1 fully saturated rings. The van der Waals surface area contributed by atoms with Gasteiger partial charge in [0.25, 0.3) is 0 Å². The van der Waals surface area contributed by atoms with Crippen LogP contribution in [0.2, 0.25) is 0 Å². The van der Waals surface area contributed by atoms with Crippen molar-refractivity contribution in [2.24, 2.45) is 5.92 Å². The van der Waals surface area contributed by atoms with Gasteiger partial charge in [0.2, 0.25) is 0 Å². The molecule has 6 heteroatoms. The van der Waals surface area contributed by atoms with E-state index in [4.69, 9.17) is 16.3 Å². The van der Waals surface area contributed by atoms with Gasteiger partial charge in [-0.15, -0.1) is 6.42 Å². The number of rotatable bonds is 5. The molecule has 2 unspecified atom stereocenters. The minimum atomic E-state index is -0.934. The molecule has 1 rings (SSSR count). The smallest absolute Gasteiger partial charge is 0.320 e. The maximum Gasteiger partial charge on any atom is 0.320 e. The van der Waals surface area contributed by atoms with Crippen LogP contribution in [0.5, 0.6) is 0 Å². The first kappa shape index (κ1) is 15.3. The number of urea groups is 1. The van der Waals surface area contributed by atoms with Crippen molar-refractivity contribution in [3.8, 4) is 12.3 Å². The minimum absolute atomic E-state index is 0.145. The zero-order valence-corrected chi connectivity index (χ0v) is 11.3. The number of terminal acetylenes is 1. The average Bonchev–Trinajstić information content (AvgIpc) is 2.84. The second-order valence-electron chi connectivity index (χ2n) is 4.59. The van der Waals surface area contributed by atoms with Gasteiger partial charge in [-0.05, 0) is 6.42 Å². The van der Waals surface area contributed by atoms with Crippen molar-refractivity contribution in [2.75, 3.05) is 33.4 Å². The molecule has 1 saturated heterocycles. The van der Waals surface area contributed by atoms with Crippen LogP contribution in [-0.4, -0.2) is 66.3 Å². The van der Waals surface area contributed by atoms with Crippen molar-refractivity contribution >= 4 is 12.0 Å². The summed E-state index contributed by atoms with van der Waals surface area (Å²) >= 11 is 0. The quantitative estimate of drug-likeness (QED) is 0.736. The predicted molar refractivity (Wildman–Crippen MR) is 69.6 cm³/mol. The molecule has 1 aliphatic rings. The van der Waals surface area contributed by atoms with Crippen LogP contribution < -0.4 is 0 Å². The minimum Gasteiger partial charge on any atom is -0.481 e. The fourth-order valence-electron chi connectivity index (χ4n) is 2.15. The van der Waals surface area contributed by atoms with Crippen molar-refractivity contribution < 1.29 is 19.4 Å². The molecule has 6 nitrogen and oxygen atoms in total. The summed E-state index contributed by atoms with van der Waals surface area (Å²) in [5.41, 5.74) is 0. The Labute approximate surface area is 113 Å². The van der Waals surface area contributed by atoms with Crippen molar-refractivity contribution in [1.82, 2.24) is 9.80 Å². The zero-order valence-electron chi connectivity index (χ0n) is 11.3. The lowest BCUT2D eigenvalue weighted by atomic mass is 10.0. The molecule has 0 radical (unpaired) electrons. The number of aliphatic carboxylic acids is 1. The predicted octanol–water partition coefficient (Wildman–Crippen LogP) is 0.483. The standard InChI is InChI=1S/C13H20N2O4/c1-4-6-14(3)13(18)15(7-5-2)11-9-19-8-10(11)12(16)17/h1,10-11H,5-9H2,2-3H3,(H,16,17). The van der Waals surface area contributed by atoms with Gasteiger partial charge in [-0.25, -0.2) is 4.79 Å². The van der Waals surface area contributed by atoms with E-state index in [0.29, 0.717) is 6.54 Å². The second kappa shape index (κ2) is 7.00. The summed E-state index contributed by atoms with van der Waals surface area (Å²) in [4.78, 5) is 26.4. The number of nitrogens with zero attached hydrogens (tertiary/aromatic N) is 2. The van der Waals surface area contributed by atoms with Crippen molar-refractivity contribution in [1.29, 1.82) is 0 Å². The number of carboxylic acid groups (broad SMARTS) is 1. The van der Waals surface area contributed by atoms with Crippen LogP contribution in [0.4, 0.5) is 4.79 Å². The van der Waals surface area contributed by atoms with E-state index in [-0.39, 0.29) is 25.8 Å². The van der Waals surface area contributed by atoms with Gasteiger partial charge in [-0.1, -0.05) is 12.8 Å². The highest BCUT2D eigenvalue weighted by Gasteiger charge is 2.40. The Morgan fingerprint density at radius 2 is 2.16 bits per heavy atom. The number of amides is 2. The molecule has 1 N–H and O–H groups in total. The Morgan fingerprint density at radius 3 is 2.68 bits per heavy atom. The van der Waals surface area contributed by atoms with Crippen LogP contribution in [-0.2, 0) is 9.53 Å². The summed E-state index contributed by atoms with van der Waals surface area (Å²) in [6, 6.07) is -0.674. The lowest BCUT2D eigenvalue weighted by Gasteiger charge is -2.33. The Morgan fingerprint density at radius 1 is 1.47 bits per heavy atom. The van der Waals surface area contributed by atoms with Gasteiger partial charge in [0.05, 0.1) is 25.8 Å². The molecular weight excluding hydrogens is 248 g/mol. The molecule has 106 valence electrons. The largest absolute Gasteiger partial charge is 0.481 e. The van der Waals surface area contributed by atoms with E-state index in [2.05, 4.69) is 5.92 Å². The number of carbonyl (C=O) groups is 2. The van der Waals surface area contributed by atoms with Crippen LogP contribution in [0, 0.1) is 18.3 Å². The van der Waals surface area contributed by atoms with Gasteiger partial charge in [0.1, 0.15) is 5.92 Å². The molecule has 0 aromatic rings. The van der Waals surface area contributed by atoms with E-state index in [0.717, 1.165) is 6.42 Å². The number of hydrogen-bond acceptors (Lipinski definition) is 3. The topological polar surface area (TPSA) is 70.1 Å². The van der Waals surface area contributed by atoms with Crippen molar-refractivity contribution in [2.45, 2.75) is 19.4 Å². The number of carboxylic acids is 1. The van der Waals surface area contributed by atoms with Crippen molar-refractivity contribution in [3.05, 3.63) is 0 Å². The molecule has 0 bridgehead atoms. The van der Waals surface area contributed by atoms with Crippen molar-refractivity contribution in [3.63, 3.8) is 0 Å². The first-order valence-electron chi connectivity index (χ1n) is 6.28. The molecule has 1 aliphatic heterocycles. The van der Waals surface area contributed by atoms with Gasteiger partial charge < -0.3 is 19.6 Å². The van der Waals surface area contributed by atoms with Crippen LogP contribution in [0.3, 0.4) is 0 Å². The highest BCUT2D eigenvalue weighted by atomic mass is 16.5. The zero-order chi connectivity index (χ0) is 14.4. The van der Waals surface area contributed by atoms with Crippen LogP contribution in [0.1, 0.15) is 13.3 Å². The molecule has 0 spiro atoms. The third-order valence-corrected chi connectivity index (χ3v) is 3.13. The summed E-state index contributed by atoms with van der Waals surface area (Å²) < 4.78 is 5.21. The molecule has 0 aliphatic carbocycles. The SMILES string of the molecule is C#CCN(C)C(=O)N(CCC)C1COCC1C(=O)O. The van der Waals surface area contributed by atoms with Crippen LogP contribution >= 0.6 is 0 Å². The first-order valence-corrected chi connectivity index (χ1v) is 6.28. The first-order chi connectivity index (χ1) is 9.02. The summed E-state index contributed by atoms with van der Waals surface area (Å²) in [6.45, 7) is 3.03. The van der Waals surface area contributed by atoms with Gasteiger partial charge in [0.15, 0.2) is 0 Å². The second-order valence-corrected chi connectivity index (χ2v) is 4.59. The van der Waals surface area contributed by atoms with Gasteiger partial charge in [-0.2, -0.15) is 0 Å². The normalized spacial score (nSPS) is 21.7. The molecular formula is C13H20N2O4. The number of hydrogen-bond donors (Lipinski definition) is 1. The highest BCUT2D eigenvalue weighted by molar-refractivity contribution is 5.77. The summed E-state index contributed by atoms with van der Waals surface area (Å²) in [5, 5.41) is 9.16. The number of ether oxygens (including phenoxy) is 1. The number of carbonyl (C=O) groups excluding carboxylic acids is 1. The molecule has 1 heterocycles. The summed E-state index contributed by atoms with van der Waals surface area (Å²) in [6.07, 6.45) is 5.94. The fraction of sp³-hybridized carbons (Fsp3) is 0.692. The van der Waals surface area contributed by atoms with Gasteiger partial charge >= 0.3 is 12.0 Å². The van der Waals surface area contributed by atoms with Crippen LogP contribution in [0.25, 0.3) is 0 Å². The molecule has 0 saturated carbocycles. The van der Waals surface area contributed by atoms with Gasteiger partial charge in [0, 0.05) is 13.6 Å². The third kappa shape index (κ3) is 3.61. The van der Waals surface area contributed by atoms with E-state index in [1.807, 2.05) is 6.92 Å². The molecule has 2 amide bonds. The molecule has 19 heavy (non-hydrogen) atoms. The maximum atomic E-state index is 12.3. The molecule has 2 atom stereocenters. The highest BCUT2D eigenvalue weighted by Crippen LogP contribution is 2.21. The molecule has 0 aromatic carbocycles. The third-order valence-electron chi connectivity index (χ3n) is 3.13. The van der Waals surface area contributed by atoms with E-state index in [1.165, 1.54) is 4.90 Å². The lowest BCUT2D eigenvalue weighted by Crippen LogP contribution is -2.51. The van der Waals surface area contributed by atoms with Gasteiger partial charge in [-0.3, -0.25) is 4.79 Å². The Balaban J connectivity index is 2.84. The Hall–Kier alpha value is -1.74. The summed E-state index contributed by atoms with van der Waals surface area (Å²) in [7, 11) is 1.61. The fourth-order valence-corrected chi connectivity index (χ4v) is 2.15. The average molecular weight is 268 g/mol. The Kier molecular flexibility index (Phi) is 5.64.